The van der Waals surface area contributed by atoms with Crippen molar-refractivity contribution in [3.05, 3.63) is 0 Å². The first-order chi connectivity index (χ1) is 9.99. The summed E-state index contributed by atoms with van der Waals surface area (Å²) < 4.78 is 0. The van der Waals surface area contributed by atoms with Gasteiger partial charge < -0.3 is 10.4 Å². The summed E-state index contributed by atoms with van der Waals surface area (Å²) in [6, 6.07) is 0.204. The highest BCUT2D eigenvalue weighted by Crippen LogP contribution is 2.11. The molecule has 5 heteroatoms. The van der Waals surface area contributed by atoms with Crippen molar-refractivity contribution >= 4 is 5.91 Å². The van der Waals surface area contributed by atoms with Gasteiger partial charge in [-0.05, 0) is 25.7 Å². The van der Waals surface area contributed by atoms with E-state index in [0.717, 1.165) is 45.6 Å². The molecule has 0 spiro atoms. The van der Waals surface area contributed by atoms with Crippen LogP contribution in [0.4, 0.5) is 0 Å². The van der Waals surface area contributed by atoms with E-state index < -0.39 is 0 Å². The molecule has 1 saturated heterocycles. The number of aliphatic hydroxyl groups excluding tert-OH is 1. The van der Waals surface area contributed by atoms with E-state index in [-0.39, 0.29) is 24.6 Å². The zero-order valence-corrected chi connectivity index (χ0v) is 14.1. The Morgan fingerprint density at radius 2 is 1.71 bits per heavy atom. The van der Waals surface area contributed by atoms with Crippen molar-refractivity contribution in [1.82, 2.24) is 15.1 Å². The third kappa shape index (κ3) is 5.93. The highest BCUT2D eigenvalue weighted by Gasteiger charge is 2.27. The Labute approximate surface area is 129 Å². The SMILES string of the molecule is CCC(CO)N1CCN(C(C)C(=O)NCCC(C)C)CC1. The van der Waals surface area contributed by atoms with Gasteiger partial charge in [0.15, 0.2) is 0 Å². The van der Waals surface area contributed by atoms with E-state index in [1.807, 2.05) is 6.92 Å². The predicted molar refractivity (Wildman–Crippen MR) is 86.2 cm³/mol. The summed E-state index contributed by atoms with van der Waals surface area (Å²) in [5, 5.41) is 12.4. The van der Waals surface area contributed by atoms with E-state index in [1.54, 1.807) is 0 Å². The summed E-state index contributed by atoms with van der Waals surface area (Å²) >= 11 is 0. The van der Waals surface area contributed by atoms with Crippen LogP contribution in [-0.4, -0.2) is 72.2 Å². The van der Waals surface area contributed by atoms with Crippen molar-refractivity contribution in [1.29, 1.82) is 0 Å². The molecule has 2 unspecified atom stereocenters. The Kier molecular flexibility index (Phi) is 8.22. The van der Waals surface area contributed by atoms with Crippen LogP contribution in [0.5, 0.6) is 0 Å². The number of carbonyl (C=O) groups is 1. The lowest BCUT2D eigenvalue weighted by molar-refractivity contribution is -0.126. The van der Waals surface area contributed by atoms with Gasteiger partial charge in [-0.3, -0.25) is 14.6 Å². The molecule has 0 aromatic carbocycles. The van der Waals surface area contributed by atoms with Crippen molar-refractivity contribution in [2.45, 2.75) is 52.6 Å². The zero-order valence-electron chi connectivity index (χ0n) is 14.1. The van der Waals surface area contributed by atoms with E-state index in [9.17, 15) is 9.90 Å². The van der Waals surface area contributed by atoms with Gasteiger partial charge in [0, 0.05) is 38.8 Å². The Bertz CT molecular complexity index is 298. The summed E-state index contributed by atoms with van der Waals surface area (Å²) in [5.74, 6) is 0.756. The van der Waals surface area contributed by atoms with Crippen LogP contribution >= 0.6 is 0 Å². The molecule has 1 aliphatic rings. The molecule has 1 amide bonds. The highest BCUT2D eigenvalue weighted by atomic mass is 16.3. The molecule has 1 rings (SSSR count). The Balaban J connectivity index is 2.33. The van der Waals surface area contributed by atoms with Gasteiger partial charge in [-0.25, -0.2) is 0 Å². The number of nitrogens with one attached hydrogen (secondary N) is 1. The number of hydrogen-bond acceptors (Lipinski definition) is 4. The van der Waals surface area contributed by atoms with Gasteiger partial charge in [-0.15, -0.1) is 0 Å². The molecule has 1 aliphatic heterocycles. The molecule has 124 valence electrons. The Morgan fingerprint density at radius 3 is 2.19 bits per heavy atom. The molecule has 1 fully saturated rings. The van der Waals surface area contributed by atoms with Crippen molar-refractivity contribution in [2.75, 3.05) is 39.3 Å². The topological polar surface area (TPSA) is 55.8 Å². The van der Waals surface area contributed by atoms with Crippen LogP contribution in [0, 0.1) is 5.92 Å². The van der Waals surface area contributed by atoms with E-state index in [1.165, 1.54) is 0 Å². The highest BCUT2D eigenvalue weighted by molar-refractivity contribution is 5.81. The molecule has 0 aliphatic carbocycles. The number of aliphatic hydroxyl groups is 1. The second-order valence-corrected chi connectivity index (χ2v) is 6.47. The molecule has 0 aromatic rings. The second kappa shape index (κ2) is 9.38. The fourth-order valence-corrected chi connectivity index (χ4v) is 2.79. The molecule has 21 heavy (non-hydrogen) atoms. The molecule has 2 atom stereocenters. The predicted octanol–water partition coefficient (Wildman–Crippen LogP) is 0.926. The molecule has 0 radical (unpaired) electrons. The van der Waals surface area contributed by atoms with Crippen LogP contribution in [0.3, 0.4) is 0 Å². The smallest absolute Gasteiger partial charge is 0.237 e. The number of rotatable bonds is 8. The van der Waals surface area contributed by atoms with Gasteiger partial charge in [0.05, 0.1) is 12.6 Å². The fourth-order valence-electron chi connectivity index (χ4n) is 2.79. The van der Waals surface area contributed by atoms with Crippen LogP contribution in [0.1, 0.15) is 40.5 Å². The quantitative estimate of drug-likeness (QED) is 0.700. The maximum atomic E-state index is 12.1. The lowest BCUT2D eigenvalue weighted by Crippen LogP contribution is -2.56. The Morgan fingerprint density at radius 1 is 1.14 bits per heavy atom. The van der Waals surface area contributed by atoms with Gasteiger partial charge in [0.25, 0.3) is 0 Å². The first-order valence-corrected chi connectivity index (χ1v) is 8.36. The first kappa shape index (κ1) is 18.4. The van der Waals surface area contributed by atoms with Crippen LogP contribution in [0.25, 0.3) is 0 Å². The average molecular weight is 299 g/mol. The molecule has 0 bridgehead atoms. The average Bonchev–Trinajstić information content (AvgIpc) is 2.48. The van der Waals surface area contributed by atoms with E-state index >= 15 is 0 Å². The minimum Gasteiger partial charge on any atom is -0.395 e. The number of carbonyl (C=O) groups excluding carboxylic acids is 1. The lowest BCUT2D eigenvalue weighted by Gasteiger charge is -2.40. The third-order valence-corrected chi connectivity index (χ3v) is 4.50. The summed E-state index contributed by atoms with van der Waals surface area (Å²) in [6.45, 7) is 13.1. The van der Waals surface area contributed by atoms with Gasteiger partial charge in [0.1, 0.15) is 0 Å². The van der Waals surface area contributed by atoms with E-state index in [0.29, 0.717) is 5.92 Å². The minimum atomic E-state index is -0.0616. The van der Waals surface area contributed by atoms with Gasteiger partial charge >= 0.3 is 0 Å². The van der Waals surface area contributed by atoms with Gasteiger partial charge in [0.2, 0.25) is 5.91 Å². The lowest BCUT2D eigenvalue weighted by atomic mass is 10.1. The van der Waals surface area contributed by atoms with E-state index in [2.05, 4.69) is 35.9 Å². The van der Waals surface area contributed by atoms with Crippen molar-refractivity contribution in [3.63, 3.8) is 0 Å². The number of nitrogens with zero attached hydrogens (tertiary/aromatic N) is 2. The molecule has 0 saturated carbocycles. The van der Waals surface area contributed by atoms with Crippen LogP contribution in [0.2, 0.25) is 0 Å². The number of piperazine rings is 1. The molecular weight excluding hydrogens is 266 g/mol. The van der Waals surface area contributed by atoms with Crippen molar-refractivity contribution < 1.29 is 9.90 Å². The summed E-state index contributed by atoms with van der Waals surface area (Å²) in [4.78, 5) is 16.7. The monoisotopic (exact) mass is 299 g/mol. The first-order valence-electron chi connectivity index (χ1n) is 8.36. The third-order valence-electron chi connectivity index (χ3n) is 4.50. The van der Waals surface area contributed by atoms with Crippen molar-refractivity contribution in [2.24, 2.45) is 5.92 Å². The molecular formula is C16H33N3O2. The van der Waals surface area contributed by atoms with Crippen LogP contribution in [0.15, 0.2) is 0 Å². The van der Waals surface area contributed by atoms with Gasteiger partial charge in [-0.2, -0.15) is 0 Å². The standard InChI is InChI=1S/C16H33N3O2/c1-5-15(12-20)19-10-8-18(9-11-19)14(4)16(21)17-7-6-13(2)3/h13-15,20H,5-12H2,1-4H3,(H,17,21). The summed E-state index contributed by atoms with van der Waals surface area (Å²) in [7, 11) is 0. The maximum absolute atomic E-state index is 12.1. The molecule has 5 nitrogen and oxygen atoms in total. The zero-order chi connectivity index (χ0) is 15.8. The van der Waals surface area contributed by atoms with Gasteiger partial charge in [-0.1, -0.05) is 20.8 Å². The molecule has 0 aromatic heterocycles. The maximum Gasteiger partial charge on any atom is 0.237 e. The van der Waals surface area contributed by atoms with Crippen molar-refractivity contribution in [3.8, 4) is 0 Å². The Hall–Kier alpha value is -0.650. The number of hydrogen-bond donors (Lipinski definition) is 2. The van der Waals surface area contributed by atoms with E-state index in [4.69, 9.17) is 0 Å². The fraction of sp³-hybridized carbons (Fsp3) is 0.938. The molecule has 2 N–H and O–H groups in total. The second-order valence-electron chi connectivity index (χ2n) is 6.47. The van der Waals surface area contributed by atoms with Crippen LogP contribution < -0.4 is 5.32 Å². The van der Waals surface area contributed by atoms with Crippen LogP contribution in [-0.2, 0) is 4.79 Å². The summed E-state index contributed by atoms with van der Waals surface area (Å²) in [6.07, 6.45) is 2.00. The molecule has 1 heterocycles. The summed E-state index contributed by atoms with van der Waals surface area (Å²) in [5.41, 5.74) is 0. The largest absolute Gasteiger partial charge is 0.395 e. The number of amides is 1. The normalized spacial score (nSPS) is 20.5. The minimum absolute atomic E-state index is 0.0616.